The molecule has 2 rings (SSSR count). The summed E-state index contributed by atoms with van der Waals surface area (Å²) in [5.74, 6) is -0.224. The van der Waals surface area contributed by atoms with E-state index in [-0.39, 0.29) is 5.97 Å². The van der Waals surface area contributed by atoms with Crippen molar-refractivity contribution in [1.29, 1.82) is 5.26 Å². The third-order valence-electron chi connectivity index (χ3n) is 3.26. The van der Waals surface area contributed by atoms with Crippen LogP contribution in [0.25, 0.3) is 0 Å². The highest BCUT2D eigenvalue weighted by Gasteiger charge is 2.23. The lowest BCUT2D eigenvalue weighted by molar-refractivity contribution is -0.143. The zero-order valence-electron chi connectivity index (χ0n) is 11.3. The van der Waals surface area contributed by atoms with E-state index in [9.17, 15) is 4.79 Å². The van der Waals surface area contributed by atoms with E-state index >= 15 is 0 Å². The predicted molar refractivity (Wildman–Crippen MR) is 68.2 cm³/mol. The molecule has 0 unspecified atom stereocenters. The van der Waals surface area contributed by atoms with Crippen LogP contribution in [-0.4, -0.2) is 40.8 Å². The molecule has 0 saturated carbocycles. The fraction of sp³-hybridized carbons (Fsp3) is 0.615. The fourth-order valence-electron chi connectivity index (χ4n) is 2.33. The summed E-state index contributed by atoms with van der Waals surface area (Å²) >= 11 is 0. The number of ether oxygens (including phenoxy) is 1. The first-order valence-electron chi connectivity index (χ1n) is 6.48. The molecular formula is C13H18N4O2. The topological polar surface area (TPSA) is 71.1 Å². The second-order valence-electron chi connectivity index (χ2n) is 4.65. The largest absolute Gasteiger partial charge is 0.466 e. The molecule has 0 aromatic carbocycles. The number of aromatic nitrogens is 2. The highest BCUT2D eigenvalue weighted by Crippen LogP contribution is 2.21. The Morgan fingerprint density at radius 3 is 3.05 bits per heavy atom. The minimum atomic E-state index is -0.224. The summed E-state index contributed by atoms with van der Waals surface area (Å²) in [5.41, 5.74) is 2.56. The van der Waals surface area contributed by atoms with E-state index < -0.39 is 0 Å². The number of nitrogens with zero attached hydrogens (tertiary/aromatic N) is 4. The van der Waals surface area contributed by atoms with E-state index in [0.29, 0.717) is 25.3 Å². The zero-order chi connectivity index (χ0) is 13.8. The summed E-state index contributed by atoms with van der Waals surface area (Å²) in [6.45, 7) is 4.36. The number of carbonyl (C=O) groups excluding carboxylic acids is 1. The van der Waals surface area contributed by atoms with Gasteiger partial charge >= 0.3 is 5.97 Å². The number of esters is 1. The quantitative estimate of drug-likeness (QED) is 0.747. The van der Waals surface area contributed by atoms with Crippen LogP contribution in [0.3, 0.4) is 0 Å². The predicted octanol–water partition coefficient (Wildman–Crippen LogP) is 0.696. The second-order valence-corrected chi connectivity index (χ2v) is 4.65. The van der Waals surface area contributed by atoms with E-state index in [2.05, 4.69) is 16.1 Å². The minimum absolute atomic E-state index is 0.224. The van der Waals surface area contributed by atoms with Crippen LogP contribution in [0.15, 0.2) is 0 Å². The van der Waals surface area contributed by atoms with Crippen LogP contribution < -0.4 is 0 Å². The van der Waals surface area contributed by atoms with Crippen LogP contribution in [0.2, 0.25) is 0 Å². The summed E-state index contributed by atoms with van der Waals surface area (Å²) in [5, 5.41) is 13.4. The average Bonchev–Trinajstić information content (AvgIpc) is 2.74. The Morgan fingerprint density at radius 2 is 2.37 bits per heavy atom. The molecule has 1 aliphatic rings. The smallest absolute Gasteiger partial charge is 0.307 e. The first-order valence-corrected chi connectivity index (χ1v) is 6.48. The van der Waals surface area contributed by atoms with E-state index in [4.69, 9.17) is 10.00 Å². The molecule has 6 nitrogen and oxygen atoms in total. The third kappa shape index (κ3) is 2.93. The Bertz CT molecular complexity index is 515. The maximum absolute atomic E-state index is 11.4. The van der Waals surface area contributed by atoms with Gasteiger partial charge in [-0.2, -0.15) is 10.4 Å². The van der Waals surface area contributed by atoms with Crippen molar-refractivity contribution in [3.63, 3.8) is 0 Å². The van der Waals surface area contributed by atoms with Crippen LogP contribution in [-0.2, 0) is 29.0 Å². The van der Waals surface area contributed by atoms with Crippen molar-refractivity contribution in [3.8, 4) is 6.07 Å². The van der Waals surface area contributed by atoms with Gasteiger partial charge < -0.3 is 9.64 Å². The normalized spacial score (nSPS) is 14.8. The number of carbonyl (C=O) groups is 1. The lowest BCUT2D eigenvalue weighted by Gasteiger charge is -2.23. The number of aryl methyl sites for hydroxylation is 1. The van der Waals surface area contributed by atoms with Gasteiger partial charge in [0.15, 0.2) is 5.69 Å². The number of likely N-dealkylation sites (N-methyl/N-ethyl adjacent to an activating group) is 1. The van der Waals surface area contributed by atoms with Crippen LogP contribution in [0.1, 0.15) is 30.3 Å². The Balaban J connectivity index is 2.14. The highest BCUT2D eigenvalue weighted by molar-refractivity contribution is 5.69. The van der Waals surface area contributed by atoms with Gasteiger partial charge in [-0.05, 0) is 14.0 Å². The fourth-order valence-corrected chi connectivity index (χ4v) is 2.33. The third-order valence-corrected chi connectivity index (χ3v) is 3.26. The summed E-state index contributed by atoms with van der Waals surface area (Å²) in [7, 11) is 2.03. The molecule has 0 atom stereocenters. The van der Waals surface area contributed by atoms with Gasteiger partial charge in [-0.1, -0.05) is 0 Å². The monoisotopic (exact) mass is 262 g/mol. The Morgan fingerprint density at radius 1 is 1.58 bits per heavy atom. The Labute approximate surface area is 112 Å². The number of nitriles is 1. The molecule has 2 heterocycles. The van der Waals surface area contributed by atoms with Crippen molar-refractivity contribution in [2.24, 2.45) is 0 Å². The van der Waals surface area contributed by atoms with Gasteiger partial charge in [-0.25, -0.2) is 0 Å². The molecule has 0 saturated heterocycles. The van der Waals surface area contributed by atoms with Gasteiger partial charge in [-0.3, -0.25) is 9.48 Å². The van der Waals surface area contributed by atoms with Crippen molar-refractivity contribution in [3.05, 3.63) is 17.0 Å². The molecule has 0 fully saturated rings. The van der Waals surface area contributed by atoms with E-state index in [0.717, 1.165) is 30.8 Å². The minimum Gasteiger partial charge on any atom is -0.466 e. The molecule has 1 aromatic heterocycles. The molecule has 19 heavy (non-hydrogen) atoms. The summed E-state index contributed by atoms with van der Waals surface area (Å²) < 4.78 is 6.69. The van der Waals surface area contributed by atoms with Crippen molar-refractivity contribution in [2.45, 2.75) is 32.9 Å². The van der Waals surface area contributed by atoms with E-state index in [1.165, 1.54) is 0 Å². The van der Waals surface area contributed by atoms with Crippen LogP contribution in [0.4, 0.5) is 0 Å². The molecule has 6 heteroatoms. The van der Waals surface area contributed by atoms with Gasteiger partial charge in [0.1, 0.15) is 6.07 Å². The van der Waals surface area contributed by atoms with Crippen molar-refractivity contribution < 1.29 is 9.53 Å². The van der Waals surface area contributed by atoms with Crippen molar-refractivity contribution >= 4 is 5.97 Å². The summed E-state index contributed by atoms with van der Waals surface area (Å²) in [6, 6.07) is 2.13. The first kappa shape index (κ1) is 13.6. The van der Waals surface area contributed by atoms with Crippen LogP contribution >= 0.6 is 0 Å². The highest BCUT2D eigenvalue weighted by atomic mass is 16.5. The maximum atomic E-state index is 11.4. The lowest BCUT2D eigenvalue weighted by atomic mass is 10.1. The maximum Gasteiger partial charge on any atom is 0.307 e. The molecule has 1 aliphatic heterocycles. The van der Waals surface area contributed by atoms with Gasteiger partial charge in [0.05, 0.1) is 19.6 Å². The van der Waals surface area contributed by atoms with Gasteiger partial charge in [0, 0.05) is 30.8 Å². The summed E-state index contributed by atoms with van der Waals surface area (Å²) in [6.07, 6.45) is 1.16. The number of hydrogen-bond donors (Lipinski definition) is 0. The van der Waals surface area contributed by atoms with E-state index in [1.807, 2.05) is 7.05 Å². The number of fused-ring (bicyclic) bond motifs is 1. The van der Waals surface area contributed by atoms with Gasteiger partial charge in [0.2, 0.25) is 0 Å². The molecule has 0 bridgehead atoms. The average molecular weight is 262 g/mol. The molecule has 102 valence electrons. The number of rotatable bonds is 4. The van der Waals surface area contributed by atoms with Gasteiger partial charge in [-0.15, -0.1) is 0 Å². The van der Waals surface area contributed by atoms with E-state index in [1.54, 1.807) is 11.6 Å². The Hall–Kier alpha value is -1.87. The number of hydrogen-bond acceptors (Lipinski definition) is 5. The van der Waals surface area contributed by atoms with Crippen molar-refractivity contribution in [2.75, 3.05) is 20.2 Å². The molecule has 0 N–H and O–H groups in total. The molecule has 1 aromatic rings. The molecule has 0 amide bonds. The molecule has 0 aliphatic carbocycles. The zero-order valence-corrected chi connectivity index (χ0v) is 11.3. The molecular weight excluding hydrogens is 244 g/mol. The molecule has 0 radical (unpaired) electrons. The first-order chi connectivity index (χ1) is 9.15. The second kappa shape index (κ2) is 5.85. The molecule has 0 spiro atoms. The Kier molecular flexibility index (Phi) is 4.17. The SMILES string of the molecule is CCOC(=O)CCn1nc(C#N)c2c1CCN(C)C2. The standard InChI is InChI=1S/C13H18N4O2/c1-3-19-13(18)5-7-17-12-4-6-16(2)9-10(12)11(8-14)15-17/h3-7,9H2,1-2H3. The van der Waals surface area contributed by atoms with Crippen LogP contribution in [0.5, 0.6) is 0 Å². The van der Waals surface area contributed by atoms with Crippen molar-refractivity contribution in [1.82, 2.24) is 14.7 Å². The van der Waals surface area contributed by atoms with Crippen LogP contribution in [0, 0.1) is 11.3 Å². The summed E-state index contributed by atoms with van der Waals surface area (Å²) in [4.78, 5) is 13.5. The van der Waals surface area contributed by atoms with Gasteiger partial charge in [0.25, 0.3) is 0 Å². The lowest BCUT2D eigenvalue weighted by Crippen LogP contribution is -2.27.